The highest BCUT2D eigenvalue weighted by Crippen LogP contribution is 2.34. The quantitative estimate of drug-likeness (QED) is 0.293. The number of aromatic carboxylic acids is 1. The molecule has 6 rings (SSSR count). The average molecular weight is 569 g/mol. The van der Waals surface area contributed by atoms with Gasteiger partial charge in [-0.05, 0) is 78.6 Å². The summed E-state index contributed by atoms with van der Waals surface area (Å²) in [5.74, 6) is 0.874. The molecule has 4 heterocycles. The molecule has 0 aliphatic carbocycles. The van der Waals surface area contributed by atoms with Gasteiger partial charge in [-0.1, -0.05) is 30.3 Å². The van der Waals surface area contributed by atoms with E-state index in [2.05, 4.69) is 29.1 Å². The van der Waals surface area contributed by atoms with Crippen LogP contribution in [0.25, 0.3) is 17.1 Å². The number of rotatable bonds is 9. The lowest BCUT2D eigenvalue weighted by atomic mass is 9.91. The maximum atomic E-state index is 11.6. The van der Waals surface area contributed by atoms with E-state index in [0.29, 0.717) is 24.0 Å². The highest BCUT2D eigenvalue weighted by molar-refractivity contribution is 5.90. The fourth-order valence-electron chi connectivity index (χ4n) is 6.08. The lowest BCUT2D eigenvalue weighted by Gasteiger charge is -2.32. The van der Waals surface area contributed by atoms with E-state index in [1.54, 1.807) is 6.07 Å². The summed E-state index contributed by atoms with van der Waals surface area (Å²) in [7, 11) is 1.42. The zero-order chi connectivity index (χ0) is 29.2. The van der Waals surface area contributed by atoms with E-state index in [4.69, 9.17) is 19.2 Å². The standard InChI is InChI=1S/C33H36N4O5/c1-21-6-4-7-27(29-8-5-9-30(35-29)37-32(40-3)28(16-34-37)33(38)39)31(21)42-20-25-11-10-24-18-36(14-12-26(24)22(25)2)17-23-13-15-41-19-23/h4-11,16,23H,12-15,17-20H2,1-3H3,(H,38,39)/t23-/m0/s1. The summed E-state index contributed by atoms with van der Waals surface area (Å²) in [6.45, 7) is 9.67. The van der Waals surface area contributed by atoms with Crippen molar-refractivity contribution in [3.05, 3.63) is 88.1 Å². The summed E-state index contributed by atoms with van der Waals surface area (Å²) in [6, 6.07) is 16.0. The molecule has 2 aromatic carbocycles. The number of carboxylic acids is 1. The van der Waals surface area contributed by atoms with Crippen molar-refractivity contribution in [3.8, 4) is 28.7 Å². The van der Waals surface area contributed by atoms with Gasteiger partial charge in [-0.2, -0.15) is 9.78 Å². The molecule has 2 aromatic heterocycles. The highest BCUT2D eigenvalue weighted by atomic mass is 16.5. The molecule has 42 heavy (non-hydrogen) atoms. The molecule has 1 saturated heterocycles. The zero-order valence-corrected chi connectivity index (χ0v) is 24.3. The van der Waals surface area contributed by atoms with E-state index < -0.39 is 5.97 Å². The number of methoxy groups -OCH3 is 1. The first-order valence-corrected chi connectivity index (χ1v) is 14.4. The maximum absolute atomic E-state index is 11.6. The number of fused-ring (bicyclic) bond motifs is 1. The Morgan fingerprint density at radius 2 is 2.00 bits per heavy atom. The van der Waals surface area contributed by atoms with Gasteiger partial charge < -0.3 is 19.3 Å². The molecule has 0 amide bonds. The molecule has 4 aromatic rings. The molecule has 1 fully saturated rings. The summed E-state index contributed by atoms with van der Waals surface area (Å²) < 4.78 is 18.8. The summed E-state index contributed by atoms with van der Waals surface area (Å²) >= 11 is 0. The first kappa shape index (κ1) is 27.9. The lowest BCUT2D eigenvalue weighted by Crippen LogP contribution is -2.35. The number of pyridine rings is 1. The first-order valence-electron chi connectivity index (χ1n) is 14.4. The Morgan fingerprint density at radius 1 is 1.14 bits per heavy atom. The van der Waals surface area contributed by atoms with E-state index in [9.17, 15) is 9.90 Å². The largest absolute Gasteiger partial charge is 0.488 e. The normalized spacial score (nSPS) is 16.8. The van der Waals surface area contributed by atoms with Crippen molar-refractivity contribution in [2.24, 2.45) is 5.92 Å². The summed E-state index contributed by atoms with van der Waals surface area (Å²) in [4.78, 5) is 19.0. The third-order valence-electron chi connectivity index (χ3n) is 8.38. The third kappa shape index (κ3) is 5.49. The van der Waals surface area contributed by atoms with Crippen LogP contribution in [0.2, 0.25) is 0 Å². The molecule has 0 unspecified atom stereocenters. The Hall–Kier alpha value is -4.21. The number of para-hydroxylation sites is 1. The van der Waals surface area contributed by atoms with Crippen LogP contribution in [0.5, 0.6) is 11.6 Å². The van der Waals surface area contributed by atoms with Gasteiger partial charge in [0.05, 0.1) is 25.6 Å². The van der Waals surface area contributed by atoms with Gasteiger partial charge in [0.1, 0.15) is 17.9 Å². The minimum absolute atomic E-state index is 0.0270. The van der Waals surface area contributed by atoms with Crippen LogP contribution in [0.3, 0.4) is 0 Å². The molecule has 2 aliphatic heterocycles. The molecular formula is C33H36N4O5. The Morgan fingerprint density at radius 3 is 2.79 bits per heavy atom. The number of aryl methyl sites for hydroxylation is 1. The van der Waals surface area contributed by atoms with Crippen molar-refractivity contribution < 1.29 is 24.1 Å². The van der Waals surface area contributed by atoms with E-state index in [-0.39, 0.29) is 11.4 Å². The van der Waals surface area contributed by atoms with Crippen molar-refractivity contribution in [1.82, 2.24) is 19.7 Å². The highest BCUT2D eigenvalue weighted by Gasteiger charge is 2.24. The Kier molecular flexibility index (Phi) is 7.95. The van der Waals surface area contributed by atoms with Crippen molar-refractivity contribution in [2.75, 3.05) is 33.4 Å². The predicted molar refractivity (Wildman–Crippen MR) is 158 cm³/mol. The molecule has 218 valence electrons. The molecular weight excluding hydrogens is 532 g/mol. The second-order valence-electron chi connectivity index (χ2n) is 11.1. The topological polar surface area (TPSA) is 98.9 Å². The smallest absolute Gasteiger partial charge is 0.342 e. The number of benzene rings is 2. The number of carboxylic acid groups (broad SMARTS) is 1. The van der Waals surface area contributed by atoms with Crippen LogP contribution in [0.15, 0.2) is 54.7 Å². The fourth-order valence-corrected chi connectivity index (χ4v) is 6.08. The summed E-state index contributed by atoms with van der Waals surface area (Å²) in [5.41, 5.74) is 7.88. The zero-order valence-electron chi connectivity index (χ0n) is 24.3. The van der Waals surface area contributed by atoms with Crippen LogP contribution >= 0.6 is 0 Å². The molecule has 1 atom stereocenters. The molecule has 0 spiro atoms. The van der Waals surface area contributed by atoms with Crippen LogP contribution in [0.4, 0.5) is 0 Å². The Bertz CT molecular complexity index is 1610. The van der Waals surface area contributed by atoms with Gasteiger partial charge in [0, 0.05) is 31.8 Å². The number of hydrogen-bond acceptors (Lipinski definition) is 7. The van der Waals surface area contributed by atoms with Crippen LogP contribution in [-0.4, -0.2) is 64.2 Å². The van der Waals surface area contributed by atoms with Gasteiger partial charge in [0.15, 0.2) is 5.82 Å². The number of carbonyl (C=O) groups is 1. The van der Waals surface area contributed by atoms with Gasteiger partial charge in [0.2, 0.25) is 5.88 Å². The fraction of sp³-hybridized carbons (Fsp3) is 0.364. The van der Waals surface area contributed by atoms with E-state index >= 15 is 0 Å². The number of hydrogen-bond donors (Lipinski definition) is 1. The summed E-state index contributed by atoms with van der Waals surface area (Å²) in [6.07, 6.45) is 3.48. The van der Waals surface area contributed by atoms with Crippen LogP contribution < -0.4 is 9.47 Å². The Balaban J connectivity index is 1.23. The maximum Gasteiger partial charge on any atom is 0.342 e. The van der Waals surface area contributed by atoms with Crippen molar-refractivity contribution in [1.29, 1.82) is 0 Å². The van der Waals surface area contributed by atoms with Crippen molar-refractivity contribution in [3.63, 3.8) is 0 Å². The first-order chi connectivity index (χ1) is 20.4. The van der Waals surface area contributed by atoms with Crippen LogP contribution in [-0.2, 0) is 24.3 Å². The lowest BCUT2D eigenvalue weighted by molar-refractivity contribution is 0.0693. The molecule has 9 heteroatoms. The number of ether oxygens (including phenoxy) is 3. The molecule has 0 bridgehead atoms. The van der Waals surface area contributed by atoms with Gasteiger partial charge in [-0.15, -0.1) is 0 Å². The number of nitrogens with zero attached hydrogens (tertiary/aromatic N) is 4. The minimum Gasteiger partial charge on any atom is -0.488 e. The van der Waals surface area contributed by atoms with Gasteiger partial charge >= 0.3 is 5.97 Å². The second-order valence-corrected chi connectivity index (χ2v) is 11.1. The molecule has 2 aliphatic rings. The number of aromatic nitrogens is 3. The van der Waals surface area contributed by atoms with Gasteiger partial charge in [-0.25, -0.2) is 9.78 Å². The monoisotopic (exact) mass is 568 g/mol. The van der Waals surface area contributed by atoms with Crippen molar-refractivity contribution in [2.45, 2.75) is 39.8 Å². The van der Waals surface area contributed by atoms with Crippen molar-refractivity contribution >= 4 is 5.97 Å². The molecule has 1 N–H and O–H groups in total. The Labute approximate surface area is 245 Å². The third-order valence-corrected chi connectivity index (χ3v) is 8.38. The summed E-state index contributed by atoms with van der Waals surface area (Å²) in [5, 5.41) is 13.7. The molecule has 0 saturated carbocycles. The molecule has 0 radical (unpaired) electrons. The molecule has 9 nitrogen and oxygen atoms in total. The van der Waals surface area contributed by atoms with Crippen LogP contribution in [0, 0.1) is 19.8 Å². The van der Waals surface area contributed by atoms with Gasteiger partial charge in [-0.3, -0.25) is 4.90 Å². The minimum atomic E-state index is -1.11. The van der Waals surface area contributed by atoms with Crippen LogP contribution in [0.1, 0.15) is 44.6 Å². The second kappa shape index (κ2) is 12.0. The predicted octanol–water partition coefficient (Wildman–Crippen LogP) is 5.23. The van der Waals surface area contributed by atoms with Gasteiger partial charge in [0.25, 0.3) is 0 Å². The SMILES string of the molecule is COc1c(C(=O)O)cnn1-c1cccc(-c2cccc(C)c2OCc2ccc3c(c2C)CCN(C[C@@H]2CCOC2)C3)n1. The van der Waals surface area contributed by atoms with E-state index in [0.717, 1.165) is 56.1 Å². The van der Waals surface area contributed by atoms with E-state index in [1.807, 2.05) is 37.3 Å². The average Bonchev–Trinajstić information content (AvgIpc) is 3.67. The van der Waals surface area contributed by atoms with E-state index in [1.165, 1.54) is 46.7 Å².